The average Bonchev–Trinajstić information content (AvgIpc) is 2.78. The van der Waals surface area contributed by atoms with Gasteiger partial charge in [0, 0.05) is 11.8 Å². The Hall–Kier alpha value is -3.57. The molecular weight excluding hydrogens is 448 g/mol. The van der Waals surface area contributed by atoms with Crippen LogP contribution in [0.5, 0.6) is 5.88 Å². The summed E-state index contributed by atoms with van der Waals surface area (Å²) in [7, 11) is -2.68. The van der Waals surface area contributed by atoms with Crippen LogP contribution in [0.4, 0.5) is 5.82 Å². The molecular formula is C22H24N4O6S. The molecule has 0 spiro atoms. The largest absolute Gasteiger partial charge is 0.481 e. The molecule has 3 aromatic rings. The highest BCUT2D eigenvalue weighted by Crippen LogP contribution is 2.28. The number of nitrogens with one attached hydrogen (secondary N) is 1. The Kier molecular flexibility index (Phi) is 7.56. The van der Waals surface area contributed by atoms with E-state index in [1.807, 2.05) is 0 Å². The minimum absolute atomic E-state index is 0.0270. The van der Waals surface area contributed by atoms with Gasteiger partial charge in [0.2, 0.25) is 5.82 Å². The lowest BCUT2D eigenvalue weighted by Crippen LogP contribution is -2.16. The molecule has 1 aromatic carbocycles. The number of ether oxygens (including phenoxy) is 2. The van der Waals surface area contributed by atoms with Crippen molar-refractivity contribution in [3.8, 4) is 17.1 Å². The molecule has 2 heterocycles. The van der Waals surface area contributed by atoms with Crippen molar-refractivity contribution in [3.05, 3.63) is 60.0 Å². The molecule has 0 aliphatic rings. The molecule has 0 amide bonds. The number of benzene rings is 1. The Morgan fingerprint density at radius 1 is 1.18 bits per heavy atom. The van der Waals surface area contributed by atoms with Gasteiger partial charge in [-0.15, -0.1) is 0 Å². The first-order valence-electron chi connectivity index (χ1n) is 9.97. The van der Waals surface area contributed by atoms with Crippen LogP contribution in [0.2, 0.25) is 0 Å². The maximum atomic E-state index is 13.1. The van der Waals surface area contributed by atoms with Crippen molar-refractivity contribution >= 4 is 21.8 Å². The third-order valence-corrected chi connectivity index (χ3v) is 5.94. The van der Waals surface area contributed by atoms with Crippen molar-refractivity contribution in [2.45, 2.75) is 37.9 Å². The number of hydrogen-bond donors (Lipinski definition) is 2. The van der Waals surface area contributed by atoms with Gasteiger partial charge in [0.1, 0.15) is 4.90 Å². The minimum Gasteiger partial charge on any atom is -0.481 e. The Morgan fingerprint density at radius 2 is 1.91 bits per heavy atom. The lowest BCUT2D eigenvalue weighted by molar-refractivity contribution is -0.140. The molecule has 0 aliphatic carbocycles. The van der Waals surface area contributed by atoms with E-state index in [2.05, 4.69) is 19.7 Å². The second-order valence-electron chi connectivity index (χ2n) is 7.24. The van der Waals surface area contributed by atoms with Crippen molar-refractivity contribution in [1.82, 2.24) is 15.0 Å². The van der Waals surface area contributed by atoms with Crippen LogP contribution in [-0.4, -0.2) is 47.7 Å². The van der Waals surface area contributed by atoms with E-state index in [0.29, 0.717) is 11.3 Å². The van der Waals surface area contributed by atoms with Crippen molar-refractivity contribution in [1.29, 1.82) is 0 Å². The smallest absolute Gasteiger partial charge is 0.305 e. The molecule has 2 N–H and O–H groups in total. The Morgan fingerprint density at radius 3 is 2.58 bits per heavy atom. The van der Waals surface area contributed by atoms with Gasteiger partial charge in [-0.05, 0) is 31.5 Å². The first-order chi connectivity index (χ1) is 15.7. The second kappa shape index (κ2) is 10.4. The summed E-state index contributed by atoms with van der Waals surface area (Å²) in [4.78, 5) is 23.2. The van der Waals surface area contributed by atoms with Gasteiger partial charge in [0.15, 0.2) is 0 Å². The molecule has 0 bridgehead atoms. The van der Waals surface area contributed by atoms with Gasteiger partial charge >= 0.3 is 5.97 Å². The molecule has 0 fully saturated rings. The summed E-state index contributed by atoms with van der Waals surface area (Å²) in [6, 6.07) is 9.99. The predicted molar refractivity (Wildman–Crippen MR) is 120 cm³/mol. The van der Waals surface area contributed by atoms with Gasteiger partial charge in [-0.25, -0.2) is 18.4 Å². The van der Waals surface area contributed by atoms with Crippen LogP contribution < -0.4 is 9.46 Å². The van der Waals surface area contributed by atoms with Crippen LogP contribution in [0, 0.1) is 6.92 Å². The summed E-state index contributed by atoms with van der Waals surface area (Å²) >= 11 is 0. The summed E-state index contributed by atoms with van der Waals surface area (Å²) in [5.41, 5.74) is 2.24. The topological polar surface area (TPSA) is 141 Å². The number of carboxylic acids is 1. The standard InChI is InChI=1S/C22H24N4O6S/c1-14-12-24-21(22(25-14)31-3)26-33(29,30)18-5-4-10-23-20(18)17-8-6-16(7-9-17)13-32-15(2)11-19(27)28/h4-10,12,15H,11,13H2,1-3H3,(H,24,26)(H,27,28). The lowest BCUT2D eigenvalue weighted by Gasteiger charge is -2.14. The lowest BCUT2D eigenvalue weighted by atomic mass is 10.1. The maximum Gasteiger partial charge on any atom is 0.305 e. The van der Waals surface area contributed by atoms with Crippen molar-refractivity contribution in [2.75, 3.05) is 11.8 Å². The van der Waals surface area contributed by atoms with Gasteiger partial charge in [-0.3, -0.25) is 14.5 Å². The molecule has 1 atom stereocenters. The molecule has 0 aliphatic heterocycles. The number of aliphatic carboxylic acids is 1. The average molecular weight is 473 g/mol. The van der Waals surface area contributed by atoms with E-state index < -0.39 is 22.1 Å². The number of anilines is 1. The zero-order valence-electron chi connectivity index (χ0n) is 18.3. The monoisotopic (exact) mass is 472 g/mol. The molecule has 0 radical (unpaired) electrons. The molecule has 0 saturated heterocycles. The van der Waals surface area contributed by atoms with Gasteiger partial charge in [0.05, 0.1) is 43.8 Å². The zero-order chi connectivity index (χ0) is 24.0. The van der Waals surface area contributed by atoms with E-state index in [1.165, 1.54) is 31.6 Å². The highest BCUT2D eigenvalue weighted by Gasteiger charge is 2.23. The number of rotatable bonds is 10. The predicted octanol–water partition coefficient (Wildman–Crippen LogP) is 3.04. The molecule has 2 aromatic heterocycles. The number of pyridine rings is 1. The summed E-state index contributed by atoms with van der Waals surface area (Å²) in [6.07, 6.45) is 2.42. The van der Waals surface area contributed by atoms with Crippen LogP contribution >= 0.6 is 0 Å². The highest BCUT2D eigenvalue weighted by atomic mass is 32.2. The fourth-order valence-electron chi connectivity index (χ4n) is 2.98. The van der Waals surface area contributed by atoms with Crippen LogP contribution in [-0.2, 0) is 26.2 Å². The number of carboxylic acid groups (broad SMARTS) is 1. The third-order valence-electron chi connectivity index (χ3n) is 4.57. The number of sulfonamides is 1. The highest BCUT2D eigenvalue weighted by molar-refractivity contribution is 7.92. The van der Waals surface area contributed by atoms with Gasteiger partial charge in [-0.2, -0.15) is 0 Å². The Balaban J connectivity index is 1.83. The van der Waals surface area contributed by atoms with E-state index in [1.54, 1.807) is 38.1 Å². The molecule has 3 rings (SSSR count). The quantitative estimate of drug-likeness (QED) is 0.455. The Labute approximate surface area is 191 Å². The number of aromatic nitrogens is 3. The molecule has 0 saturated carbocycles. The van der Waals surface area contributed by atoms with Gasteiger partial charge in [0.25, 0.3) is 15.9 Å². The molecule has 33 heavy (non-hydrogen) atoms. The van der Waals surface area contributed by atoms with Crippen molar-refractivity contribution in [3.63, 3.8) is 0 Å². The fraction of sp³-hybridized carbons (Fsp3) is 0.273. The summed E-state index contributed by atoms with van der Waals surface area (Å²) in [5.74, 6) is -0.893. The first kappa shape index (κ1) is 24.1. The Bertz CT molecular complexity index is 1230. The normalized spacial score (nSPS) is 12.2. The van der Waals surface area contributed by atoms with Crippen LogP contribution in [0.15, 0.2) is 53.7 Å². The molecule has 174 valence electrons. The van der Waals surface area contributed by atoms with E-state index in [9.17, 15) is 13.2 Å². The summed E-state index contributed by atoms with van der Waals surface area (Å²) < 4.78 is 39.4. The van der Waals surface area contributed by atoms with E-state index in [4.69, 9.17) is 14.6 Å². The zero-order valence-corrected chi connectivity index (χ0v) is 19.2. The van der Waals surface area contributed by atoms with Gasteiger partial charge < -0.3 is 14.6 Å². The van der Waals surface area contributed by atoms with Crippen LogP contribution in [0.3, 0.4) is 0 Å². The molecule has 11 heteroatoms. The van der Waals surface area contributed by atoms with Crippen LogP contribution in [0.25, 0.3) is 11.3 Å². The van der Waals surface area contributed by atoms with Crippen molar-refractivity contribution < 1.29 is 27.8 Å². The van der Waals surface area contributed by atoms with Crippen LogP contribution in [0.1, 0.15) is 24.6 Å². The van der Waals surface area contributed by atoms with Gasteiger partial charge in [-0.1, -0.05) is 24.3 Å². The maximum absolute atomic E-state index is 13.1. The summed E-state index contributed by atoms with van der Waals surface area (Å²) in [5, 5.41) is 8.81. The first-order valence-corrected chi connectivity index (χ1v) is 11.5. The number of aryl methyl sites for hydroxylation is 1. The fourth-order valence-corrected chi connectivity index (χ4v) is 4.16. The van der Waals surface area contributed by atoms with E-state index in [-0.39, 0.29) is 35.3 Å². The third kappa shape index (κ3) is 6.24. The van der Waals surface area contributed by atoms with E-state index in [0.717, 1.165) is 5.56 Å². The number of carbonyl (C=O) groups is 1. The number of hydrogen-bond acceptors (Lipinski definition) is 8. The van der Waals surface area contributed by atoms with Crippen molar-refractivity contribution in [2.24, 2.45) is 0 Å². The second-order valence-corrected chi connectivity index (χ2v) is 8.89. The molecule has 1 unspecified atom stereocenters. The van der Waals surface area contributed by atoms with E-state index >= 15 is 0 Å². The summed E-state index contributed by atoms with van der Waals surface area (Å²) in [6.45, 7) is 3.64. The SMILES string of the molecule is COc1nc(C)cnc1NS(=O)(=O)c1cccnc1-c1ccc(COC(C)CC(=O)O)cc1. The number of nitrogens with zero attached hydrogens (tertiary/aromatic N) is 3. The molecule has 10 nitrogen and oxygen atoms in total. The minimum atomic E-state index is -4.06. The number of methoxy groups -OCH3 is 1.